The summed E-state index contributed by atoms with van der Waals surface area (Å²) in [5, 5.41) is 2.68. The quantitative estimate of drug-likeness (QED) is 0.839. The molecule has 3 N–H and O–H groups in total. The number of halogens is 2. The standard InChI is InChI=1S/C12H14F2N2O/c13-10-2-1-8(5-11(10)14)12(17)16-6-7-3-9(15)4-7/h1-2,5,7,9H,3-4,6,15H2,(H,16,17). The molecule has 0 bridgehead atoms. The summed E-state index contributed by atoms with van der Waals surface area (Å²) in [6, 6.07) is 3.35. The summed E-state index contributed by atoms with van der Waals surface area (Å²) in [6.07, 6.45) is 1.80. The molecular weight excluding hydrogens is 226 g/mol. The molecule has 17 heavy (non-hydrogen) atoms. The Hall–Kier alpha value is -1.49. The summed E-state index contributed by atoms with van der Waals surface area (Å²) >= 11 is 0. The van der Waals surface area contributed by atoms with Gasteiger partial charge in [-0.25, -0.2) is 8.78 Å². The van der Waals surface area contributed by atoms with Gasteiger partial charge < -0.3 is 11.1 Å². The lowest BCUT2D eigenvalue weighted by molar-refractivity contribution is 0.0935. The molecule has 1 aromatic carbocycles. The van der Waals surface area contributed by atoms with E-state index in [0.717, 1.165) is 25.0 Å². The second-order valence-corrected chi connectivity index (χ2v) is 4.44. The van der Waals surface area contributed by atoms with Crippen molar-refractivity contribution in [3.05, 3.63) is 35.4 Å². The van der Waals surface area contributed by atoms with Crippen molar-refractivity contribution in [3.63, 3.8) is 0 Å². The van der Waals surface area contributed by atoms with E-state index in [0.29, 0.717) is 12.5 Å². The fraction of sp³-hybridized carbons (Fsp3) is 0.417. The van der Waals surface area contributed by atoms with Crippen LogP contribution in [-0.2, 0) is 0 Å². The molecule has 0 unspecified atom stereocenters. The van der Waals surface area contributed by atoms with E-state index >= 15 is 0 Å². The average Bonchev–Trinajstić information content (AvgIpc) is 2.26. The Morgan fingerprint density at radius 1 is 1.35 bits per heavy atom. The van der Waals surface area contributed by atoms with Crippen LogP contribution in [-0.4, -0.2) is 18.5 Å². The molecule has 1 aromatic rings. The summed E-state index contributed by atoms with van der Waals surface area (Å²) in [7, 11) is 0. The van der Waals surface area contributed by atoms with Crippen molar-refractivity contribution in [2.24, 2.45) is 11.7 Å². The van der Waals surface area contributed by atoms with Crippen LogP contribution in [0.5, 0.6) is 0 Å². The minimum Gasteiger partial charge on any atom is -0.352 e. The van der Waals surface area contributed by atoms with E-state index in [1.165, 1.54) is 6.07 Å². The highest BCUT2D eigenvalue weighted by atomic mass is 19.2. The van der Waals surface area contributed by atoms with E-state index in [9.17, 15) is 13.6 Å². The normalized spacial score (nSPS) is 23.0. The topological polar surface area (TPSA) is 55.1 Å². The molecule has 0 saturated heterocycles. The molecule has 0 atom stereocenters. The number of hydrogen-bond acceptors (Lipinski definition) is 2. The lowest BCUT2D eigenvalue weighted by Crippen LogP contribution is -2.42. The highest BCUT2D eigenvalue weighted by molar-refractivity contribution is 5.94. The predicted molar refractivity (Wildman–Crippen MR) is 59.4 cm³/mol. The predicted octanol–water partition coefficient (Wildman–Crippen LogP) is 1.43. The molecule has 1 aliphatic rings. The Bertz CT molecular complexity index is 431. The second-order valence-electron chi connectivity index (χ2n) is 4.44. The van der Waals surface area contributed by atoms with Gasteiger partial charge in [0, 0.05) is 18.2 Å². The van der Waals surface area contributed by atoms with E-state index in [1.54, 1.807) is 0 Å². The van der Waals surface area contributed by atoms with E-state index in [-0.39, 0.29) is 17.5 Å². The van der Waals surface area contributed by atoms with Gasteiger partial charge in [0.2, 0.25) is 0 Å². The molecule has 0 aliphatic heterocycles. The van der Waals surface area contributed by atoms with Crippen molar-refractivity contribution in [1.29, 1.82) is 0 Å². The Morgan fingerprint density at radius 3 is 2.65 bits per heavy atom. The number of carbonyl (C=O) groups is 1. The van der Waals surface area contributed by atoms with Gasteiger partial charge in [-0.3, -0.25) is 4.79 Å². The van der Waals surface area contributed by atoms with Gasteiger partial charge in [0.1, 0.15) is 0 Å². The van der Waals surface area contributed by atoms with Gasteiger partial charge in [-0.2, -0.15) is 0 Å². The zero-order valence-electron chi connectivity index (χ0n) is 9.25. The Morgan fingerprint density at radius 2 is 2.06 bits per heavy atom. The highest BCUT2D eigenvalue weighted by Crippen LogP contribution is 2.24. The van der Waals surface area contributed by atoms with Crippen molar-refractivity contribution >= 4 is 5.91 Å². The van der Waals surface area contributed by atoms with Crippen LogP contribution >= 0.6 is 0 Å². The summed E-state index contributed by atoms with van der Waals surface area (Å²) in [6.45, 7) is 0.533. The molecule has 1 saturated carbocycles. The molecule has 1 amide bonds. The molecule has 3 nitrogen and oxygen atoms in total. The van der Waals surface area contributed by atoms with E-state index in [2.05, 4.69) is 5.32 Å². The SMILES string of the molecule is NC1CC(CNC(=O)c2ccc(F)c(F)c2)C1. The summed E-state index contributed by atoms with van der Waals surface area (Å²) in [4.78, 5) is 11.6. The zero-order chi connectivity index (χ0) is 12.4. The van der Waals surface area contributed by atoms with Gasteiger partial charge in [0.05, 0.1) is 0 Å². The second kappa shape index (κ2) is 4.79. The zero-order valence-corrected chi connectivity index (χ0v) is 9.25. The van der Waals surface area contributed by atoms with Crippen LogP contribution in [0.2, 0.25) is 0 Å². The van der Waals surface area contributed by atoms with E-state index in [1.807, 2.05) is 0 Å². The molecule has 0 spiro atoms. The van der Waals surface area contributed by atoms with Crippen LogP contribution in [0.25, 0.3) is 0 Å². The lowest BCUT2D eigenvalue weighted by atomic mass is 9.81. The molecular formula is C12H14F2N2O. The Balaban J connectivity index is 1.88. The smallest absolute Gasteiger partial charge is 0.251 e. The molecule has 0 heterocycles. The van der Waals surface area contributed by atoms with Crippen LogP contribution in [0, 0.1) is 17.6 Å². The first-order chi connectivity index (χ1) is 8.06. The molecule has 1 fully saturated rings. The van der Waals surface area contributed by atoms with Crippen LogP contribution in [0.15, 0.2) is 18.2 Å². The first kappa shape index (κ1) is 12.0. The molecule has 1 aliphatic carbocycles. The number of nitrogens with two attached hydrogens (primary N) is 1. The number of benzene rings is 1. The van der Waals surface area contributed by atoms with Gasteiger partial charge in [-0.1, -0.05) is 0 Å². The monoisotopic (exact) mass is 240 g/mol. The molecule has 0 radical (unpaired) electrons. The van der Waals surface area contributed by atoms with Crippen LogP contribution < -0.4 is 11.1 Å². The van der Waals surface area contributed by atoms with Crippen LogP contribution in [0.3, 0.4) is 0 Å². The number of carbonyl (C=O) groups excluding carboxylic acids is 1. The van der Waals surface area contributed by atoms with E-state index < -0.39 is 11.6 Å². The lowest BCUT2D eigenvalue weighted by Gasteiger charge is -2.32. The number of amides is 1. The fourth-order valence-electron chi connectivity index (χ4n) is 1.93. The van der Waals surface area contributed by atoms with Gasteiger partial charge in [-0.15, -0.1) is 0 Å². The van der Waals surface area contributed by atoms with Gasteiger partial charge in [-0.05, 0) is 37.0 Å². The van der Waals surface area contributed by atoms with Crippen molar-refractivity contribution in [3.8, 4) is 0 Å². The number of hydrogen-bond donors (Lipinski definition) is 2. The summed E-state index contributed by atoms with van der Waals surface area (Å²) < 4.78 is 25.6. The van der Waals surface area contributed by atoms with Crippen molar-refractivity contribution < 1.29 is 13.6 Å². The third kappa shape index (κ3) is 2.79. The third-order valence-corrected chi connectivity index (χ3v) is 3.01. The maximum Gasteiger partial charge on any atom is 0.251 e. The Kier molecular flexibility index (Phi) is 3.38. The van der Waals surface area contributed by atoms with Gasteiger partial charge in [0.25, 0.3) is 5.91 Å². The van der Waals surface area contributed by atoms with E-state index in [4.69, 9.17) is 5.73 Å². The minimum atomic E-state index is -1.01. The van der Waals surface area contributed by atoms with Gasteiger partial charge >= 0.3 is 0 Å². The maximum atomic E-state index is 12.9. The third-order valence-electron chi connectivity index (χ3n) is 3.01. The molecule has 92 valence electrons. The highest BCUT2D eigenvalue weighted by Gasteiger charge is 2.26. The maximum absolute atomic E-state index is 12.9. The first-order valence-electron chi connectivity index (χ1n) is 5.55. The Labute approximate surface area is 98.0 Å². The van der Waals surface area contributed by atoms with Crippen molar-refractivity contribution in [2.45, 2.75) is 18.9 Å². The number of nitrogens with one attached hydrogen (secondary N) is 1. The van der Waals surface area contributed by atoms with Crippen molar-refractivity contribution in [2.75, 3.05) is 6.54 Å². The summed E-state index contributed by atoms with van der Waals surface area (Å²) in [5.74, 6) is -1.95. The number of rotatable bonds is 3. The summed E-state index contributed by atoms with van der Waals surface area (Å²) in [5.41, 5.74) is 5.75. The molecule has 2 rings (SSSR count). The van der Waals surface area contributed by atoms with Gasteiger partial charge in [0.15, 0.2) is 11.6 Å². The first-order valence-corrected chi connectivity index (χ1v) is 5.55. The minimum absolute atomic E-state index is 0.132. The molecule has 5 heteroatoms. The van der Waals surface area contributed by atoms with Crippen LogP contribution in [0.4, 0.5) is 8.78 Å². The van der Waals surface area contributed by atoms with Crippen LogP contribution in [0.1, 0.15) is 23.2 Å². The largest absolute Gasteiger partial charge is 0.352 e. The molecule has 0 aromatic heterocycles. The average molecular weight is 240 g/mol. The fourth-order valence-corrected chi connectivity index (χ4v) is 1.93. The van der Waals surface area contributed by atoms with Crippen molar-refractivity contribution in [1.82, 2.24) is 5.32 Å².